The van der Waals surface area contributed by atoms with Gasteiger partial charge in [0.05, 0.1) is 18.8 Å². The number of ether oxygens (including phenoxy) is 4. The van der Waals surface area contributed by atoms with Crippen LogP contribution < -0.4 is 5.32 Å². The number of benzene rings is 1. The fourth-order valence-corrected chi connectivity index (χ4v) is 6.38. The van der Waals surface area contributed by atoms with Gasteiger partial charge in [-0.3, -0.25) is 4.90 Å². The number of halogens is 1. The Hall–Kier alpha value is -2.59. The number of hydrogen-bond donors (Lipinski definition) is 1. The Morgan fingerprint density at radius 2 is 2.02 bits per heavy atom. The fourth-order valence-electron chi connectivity index (χ4n) is 6.38. The van der Waals surface area contributed by atoms with Gasteiger partial charge in [-0.2, -0.15) is 0 Å². The van der Waals surface area contributed by atoms with Gasteiger partial charge in [0.15, 0.2) is 0 Å². The second kappa shape index (κ2) is 14.5. The van der Waals surface area contributed by atoms with Crippen molar-refractivity contribution in [3.63, 3.8) is 0 Å². The van der Waals surface area contributed by atoms with Crippen LogP contribution in [-0.2, 0) is 36.6 Å². The monoisotopic (exact) mass is 597 g/mol. The lowest BCUT2D eigenvalue weighted by Crippen LogP contribution is -2.56. The zero-order chi connectivity index (χ0) is 30.4. The molecule has 0 saturated carbocycles. The molecule has 43 heavy (non-hydrogen) atoms. The van der Waals surface area contributed by atoms with Crippen LogP contribution in [0.25, 0.3) is 0 Å². The van der Waals surface area contributed by atoms with Crippen molar-refractivity contribution in [1.82, 2.24) is 9.88 Å². The summed E-state index contributed by atoms with van der Waals surface area (Å²) in [5, 5.41) is 3.41. The molecule has 236 valence electrons. The summed E-state index contributed by atoms with van der Waals surface area (Å²) in [6.45, 7) is 9.50. The van der Waals surface area contributed by atoms with Crippen LogP contribution in [-0.4, -0.2) is 80.2 Å². The number of hydrogen-bond acceptors (Lipinski definition) is 8. The molecule has 1 aromatic carbocycles. The van der Waals surface area contributed by atoms with Gasteiger partial charge in [0, 0.05) is 51.6 Å². The Balaban J connectivity index is 1.16. The first kappa shape index (κ1) is 31.8. The molecule has 3 unspecified atom stereocenters. The van der Waals surface area contributed by atoms with Crippen LogP contribution in [0.15, 0.2) is 30.3 Å². The van der Waals surface area contributed by atoms with Crippen LogP contribution in [0, 0.1) is 5.82 Å². The smallest absolute Gasteiger partial charge is 0.328 e. The largest absolute Gasteiger partial charge is 0.459 e. The number of carbonyl (C=O) groups excluding carboxylic acids is 1. The van der Waals surface area contributed by atoms with E-state index in [-0.39, 0.29) is 29.9 Å². The van der Waals surface area contributed by atoms with Gasteiger partial charge < -0.3 is 24.3 Å². The van der Waals surface area contributed by atoms with E-state index in [0.29, 0.717) is 38.5 Å². The van der Waals surface area contributed by atoms with Crippen molar-refractivity contribution in [3.8, 4) is 0 Å². The van der Waals surface area contributed by atoms with Gasteiger partial charge in [-0.15, -0.1) is 0 Å². The maximum absolute atomic E-state index is 14.7. The second-order valence-electron chi connectivity index (χ2n) is 13.1. The van der Waals surface area contributed by atoms with Gasteiger partial charge in [-0.1, -0.05) is 18.6 Å². The molecule has 5 rings (SSSR count). The van der Waals surface area contributed by atoms with E-state index in [2.05, 4.69) is 17.4 Å². The molecule has 3 atom stereocenters. The molecule has 2 fully saturated rings. The highest BCUT2D eigenvalue weighted by atomic mass is 19.1. The lowest BCUT2D eigenvalue weighted by Gasteiger charge is -2.44. The molecule has 0 radical (unpaired) electrons. The summed E-state index contributed by atoms with van der Waals surface area (Å²) >= 11 is 0. The van der Waals surface area contributed by atoms with Crippen molar-refractivity contribution in [3.05, 3.63) is 58.5 Å². The molecule has 0 bridgehead atoms. The van der Waals surface area contributed by atoms with Crippen LogP contribution in [0.3, 0.4) is 0 Å². The highest BCUT2D eigenvalue weighted by Crippen LogP contribution is 2.39. The van der Waals surface area contributed by atoms with Crippen molar-refractivity contribution in [2.75, 3.05) is 51.9 Å². The third-order valence-electron chi connectivity index (χ3n) is 8.60. The summed E-state index contributed by atoms with van der Waals surface area (Å²) in [5.74, 6) is 0.316. The zero-order valence-electron chi connectivity index (χ0n) is 26.2. The van der Waals surface area contributed by atoms with Gasteiger partial charge in [-0.05, 0) is 94.2 Å². The standard InChI is InChI=1S/C34H48FN3O5/c1-34(2,3)43-33(39)31(29-19-24(35)12-14-27(29)28-15-18-41-22-30(28)40-4)38-20-26(21-38)42-17-7-5-6-10-25-13-11-23-9-8-16-36-32(23)37-25/h11-14,19,26,28,30-31H,5-10,15-18,20-22H2,1-4H3,(H,36,37). The molecular weight excluding hydrogens is 549 g/mol. The molecule has 4 heterocycles. The molecule has 8 nitrogen and oxygen atoms in total. The fraction of sp³-hybridized carbons (Fsp3) is 0.647. The number of methoxy groups -OCH3 is 1. The van der Waals surface area contributed by atoms with Gasteiger partial charge in [0.2, 0.25) is 0 Å². The third-order valence-corrected chi connectivity index (χ3v) is 8.60. The summed E-state index contributed by atoms with van der Waals surface area (Å²) < 4.78 is 38.1. The SMILES string of the molecule is COC1COCCC1c1ccc(F)cc1C(C(=O)OC(C)(C)C)N1CC(OCCCCCc2ccc3c(n2)NCCC3)C1. The molecule has 0 spiro atoms. The lowest BCUT2D eigenvalue weighted by molar-refractivity contribution is -0.168. The van der Waals surface area contributed by atoms with Gasteiger partial charge >= 0.3 is 5.97 Å². The van der Waals surface area contributed by atoms with Crippen molar-refractivity contribution in [2.24, 2.45) is 0 Å². The predicted octanol–water partition coefficient (Wildman–Crippen LogP) is 5.59. The van der Waals surface area contributed by atoms with Crippen LogP contribution in [0.4, 0.5) is 10.2 Å². The summed E-state index contributed by atoms with van der Waals surface area (Å²) in [5.41, 5.74) is 3.37. The minimum Gasteiger partial charge on any atom is -0.459 e. The third kappa shape index (κ3) is 8.32. The molecular formula is C34H48FN3O5. The number of fused-ring (bicyclic) bond motifs is 1. The van der Waals surface area contributed by atoms with Crippen molar-refractivity contribution < 1.29 is 28.1 Å². The normalized spacial score (nSPS) is 21.9. The Kier molecular flexibility index (Phi) is 10.7. The minimum atomic E-state index is -0.719. The Bertz CT molecular complexity index is 1230. The minimum absolute atomic E-state index is 0.000351. The predicted molar refractivity (Wildman–Crippen MR) is 164 cm³/mol. The number of anilines is 1. The second-order valence-corrected chi connectivity index (χ2v) is 13.1. The molecule has 1 aromatic heterocycles. The van der Waals surface area contributed by atoms with Crippen LogP contribution in [0.1, 0.15) is 87.2 Å². The molecule has 9 heteroatoms. The topological polar surface area (TPSA) is 82.2 Å². The van der Waals surface area contributed by atoms with E-state index in [1.807, 2.05) is 25.7 Å². The zero-order valence-corrected chi connectivity index (χ0v) is 26.2. The lowest BCUT2D eigenvalue weighted by atomic mass is 9.83. The number of nitrogens with zero attached hydrogens (tertiary/aromatic N) is 2. The van der Waals surface area contributed by atoms with E-state index >= 15 is 0 Å². The summed E-state index contributed by atoms with van der Waals surface area (Å²) in [6.07, 6.45) is 6.98. The Morgan fingerprint density at radius 1 is 1.19 bits per heavy atom. The van der Waals surface area contributed by atoms with Gasteiger partial charge in [0.25, 0.3) is 0 Å². The number of likely N-dealkylation sites (tertiary alicyclic amines) is 1. The average molecular weight is 598 g/mol. The number of unbranched alkanes of at least 4 members (excludes halogenated alkanes) is 2. The van der Waals surface area contributed by atoms with Crippen molar-refractivity contribution in [2.45, 2.75) is 95.5 Å². The number of carbonyl (C=O) groups is 1. The summed E-state index contributed by atoms with van der Waals surface area (Å²) in [4.78, 5) is 20.5. The number of esters is 1. The highest BCUT2D eigenvalue weighted by Gasteiger charge is 2.42. The van der Waals surface area contributed by atoms with E-state index < -0.39 is 11.6 Å². The van der Waals surface area contributed by atoms with E-state index in [9.17, 15) is 9.18 Å². The summed E-state index contributed by atoms with van der Waals surface area (Å²) in [7, 11) is 1.67. The van der Waals surface area contributed by atoms with Gasteiger partial charge in [0.1, 0.15) is 23.3 Å². The number of aromatic nitrogens is 1. The molecule has 3 aliphatic heterocycles. The number of aryl methyl sites for hydroxylation is 2. The first-order valence-electron chi connectivity index (χ1n) is 15.9. The number of rotatable bonds is 12. The van der Waals surface area contributed by atoms with Crippen molar-refractivity contribution in [1.29, 1.82) is 0 Å². The van der Waals surface area contributed by atoms with Crippen LogP contribution in [0.2, 0.25) is 0 Å². The highest BCUT2D eigenvalue weighted by molar-refractivity contribution is 5.79. The Morgan fingerprint density at radius 3 is 2.81 bits per heavy atom. The van der Waals surface area contributed by atoms with E-state index in [1.54, 1.807) is 13.2 Å². The first-order valence-corrected chi connectivity index (χ1v) is 15.9. The number of pyridine rings is 1. The van der Waals surface area contributed by atoms with Gasteiger partial charge in [-0.25, -0.2) is 14.2 Å². The molecule has 0 aliphatic carbocycles. The van der Waals surface area contributed by atoms with E-state index in [0.717, 1.165) is 62.1 Å². The average Bonchev–Trinajstić information content (AvgIpc) is 2.96. The first-order chi connectivity index (χ1) is 20.7. The Labute approximate surface area is 255 Å². The molecule has 3 aliphatic rings. The molecule has 2 aromatic rings. The van der Waals surface area contributed by atoms with Crippen LogP contribution in [0.5, 0.6) is 0 Å². The summed E-state index contributed by atoms with van der Waals surface area (Å²) in [6, 6.07) is 8.42. The maximum Gasteiger partial charge on any atom is 0.328 e. The number of nitrogens with one attached hydrogen (secondary N) is 1. The van der Waals surface area contributed by atoms with Crippen LogP contribution >= 0.6 is 0 Å². The molecule has 0 amide bonds. The molecule has 2 saturated heterocycles. The van der Waals surface area contributed by atoms with E-state index in [1.165, 1.54) is 24.1 Å². The quantitative estimate of drug-likeness (QED) is 0.250. The van der Waals surface area contributed by atoms with E-state index in [4.69, 9.17) is 23.9 Å². The van der Waals surface area contributed by atoms with Crippen molar-refractivity contribution >= 4 is 11.8 Å². The molecule has 1 N–H and O–H groups in total. The maximum atomic E-state index is 14.7.